The average molecular weight is 388 g/mol. The van der Waals surface area contributed by atoms with Crippen molar-refractivity contribution >= 4 is 17.5 Å². The third-order valence-electron chi connectivity index (χ3n) is 3.95. The van der Waals surface area contributed by atoms with Crippen LogP contribution in [0.15, 0.2) is 24.3 Å². The second kappa shape index (κ2) is 8.13. The largest absolute Gasteiger partial charge is 0.573 e. The molecule has 1 saturated heterocycles. The van der Waals surface area contributed by atoms with Crippen molar-refractivity contribution < 1.29 is 27.5 Å². The lowest BCUT2D eigenvalue weighted by molar-refractivity contribution is -0.274. The van der Waals surface area contributed by atoms with E-state index in [0.29, 0.717) is 31.9 Å². The van der Waals surface area contributed by atoms with Crippen LogP contribution in [0.2, 0.25) is 0 Å². The zero-order valence-corrected chi connectivity index (χ0v) is 15.2. The van der Waals surface area contributed by atoms with Gasteiger partial charge in [0.25, 0.3) is 0 Å². The number of amides is 2. The van der Waals surface area contributed by atoms with Crippen molar-refractivity contribution in [2.45, 2.75) is 25.7 Å². The Kier molecular flexibility index (Phi) is 6.32. The van der Waals surface area contributed by atoms with E-state index in [1.807, 2.05) is 4.90 Å². The number of hydrogen-bond acceptors (Lipinski definition) is 5. The number of nitrogens with one attached hydrogen (secondary N) is 1. The molecular weight excluding hydrogens is 365 g/mol. The molecule has 27 heavy (non-hydrogen) atoms. The van der Waals surface area contributed by atoms with E-state index in [0.717, 1.165) is 12.1 Å². The average Bonchev–Trinajstić information content (AvgIpc) is 2.54. The molecule has 0 bridgehead atoms. The lowest BCUT2D eigenvalue weighted by Gasteiger charge is -2.37. The summed E-state index contributed by atoms with van der Waals surface area (Å²) in [5.41, 5.74) is 5.26. The molecule has 1 fully saturated rings. The number of nitrogens with zero attached hydrogens (tertiary/aromatic N) is 2. The molecule has 0 aliphatic carbocycles. The molecule has 2 amide bonds. The number of carbonyl (C=O) groups excluding carboxylic acids is 2. The van der Waals surface area contributed by atoms with E-state index in [9.17, 15) is 22.8 Å². The number of piperazine rings is 1. The van der Waals surface area contributed by atoms with Gasteiger partial charge in [-0.3, -0.25) is 14.5 Å². The zero-order valence-electron chi connectivity index (χ0n) is 15.2. The zero-order chi connectivity index (χ0) is 20.2. The lowest BCUT2D eigenvalue weighted by Crippen LogP contribution is -2.57. The van der Waals surface area contributed by atoms with Crippen molar-refractivity contribution in [1.29, 1.82) is 0 Å². The Morgan fingerprint density at radius 2 is 1.67 bits per heavy atom. The van der Waals surface area contributed by atoms with E-state index >= 15 is 0 Å². The number of anilines is 1. The number of hydrogen-bond donors (Lipinski definition) is 2. The van der Waals surface area contributed by atoms with Crippen LogP contribution in [0.3, 0.4) is 0 Å². The Bertz CT molecular complexity index is 663. The number of halogens is 3. The lowest BCUT2D eigenvalue weighted by atomic mass is 10.0. The minimum Gasteiger partial charge on any atom is -0.406 e. The van der Waals surface area contributed by atoms with E-state index in [4.69, 9.17) is 5.73 Å². The monoisotopic (exact) mass is 388 g/mol. The van der Waals surface area contributed by atoms with Crippen LogP contribution >= 0.6 is 0 Å². The molecule has 2 rings (SSSR count). The first kappa shape index (κ1) is 21.0. The molecule has 0 saturated carbocycles. The summed E-state index contributed by atoms with van der Waals surface area (Å²) in [7, 11) is 0. The van der Waals surface area contributed by atoms with Gasteiger partial charge in [-0.25, -0.2) is 0 Å². The fraction of sp³-hybridized carbons (Fsp3) is 0.529. The van der Waals surface area contributed by atoms with E-state index in [-0.39, 0.29) is 24.1 Å². The summed E-state index contributed by atoms with van der Waals surface area (Å²) in [5.74, 6) is -0.782. The van der Waals surface area contributed by atoms with Gasteiger partial charge in [0.05, 0.1) is 12.1 Å². The molecule has 10 heteroatoms. The standard InChI is InChI=1S/C17H23F3N4O3/c1-16(2,21)15(26)24-9-7-23(8-10-24)11-14(25)22-12-3-5-13(6-4-12)27-17(18,19)20/h3-6H,7-11,21H2,1-2H3,(H,22,25). The summed E-state index contributed by atoms with van der Waals surface area (Å²) in [6.07, 6.45) is -4.76. The molecule has 0 aromatic heterocycles. The van der Waals surface area contributed by atoms with Crippen molar-refractivity contribution in [3.63, 3.8) is 0 Å². The highest BCUT2D eigenvalue weighted by atomic mass is 19.4. The Morgan fingerprint density at radius 1 is 1.11 bits per heavy atom. The summed E-state index contributed by atoms with van der Waals surface area (Å²) in [4.78, 5) is 27.8. The fourth-order valence-electron chi connectivity index (χ4n) is 2.66. The number of carbonyl (C=O) groups is 2. The Morgan fingerprint density at radius 3 is 2.15 bits per heavy atom. The Hall–Kier alpha value is -2.33. The van der Waals surface area contributed by atoms with E-state index in [1.165, 1.54) is 12.1 Å². The fourth-order valence-corrected chi connectivity index (χ4v) is 2.66. The molecule has 1 aliphatic heterocycles. The van der Waals surface area contributed by atoms with Crippen LogP contribution in [0, 0.1) is 0 Å². The first-order chi connectivity index (χ1) is 12.4. The minimum absolute atomic E-state index is 0.120. The van der Waals surface area contributed by atoms with Gasteiger partial charge < -0.3 is 20.7 Å². The van der Waals surface area contributed by atoms with Gasteiger partial charge in [0.1, 0.15) is 5.75 Å². The molecule has 1 aromatic carbocycles. The van der Waals surface area contributed by atoms with Gasteiger partial charge in [0.15, 0.2) is 0 Å². The maximum Gasteiger partial charge on any atom is 0.573 e. The number of nitrogens with two attached hydrogens (primary N) is 1. The third-order valence-corrected chi connectivity index (χ3v) is 3.95. The van der Waals surface area contributed by atoms with Crippen molar-refractivity contribution in [3.8, 4) is 5.75 Å². The highest BCUT2D eigenvalue weighted by Gasteiger charge is 2.31. The van der Waals surface area contributed by atoms with Crippen LogP contribution in [-0.2, 0) is 9.59 Å². The highest BCUT2D eigenvalue weighted by Crippen LogP contribution is 2.23. The van der Waals surface area contributed by atoms with Gasteiger partial charge in [0.2, 0.25) is 11.8 Å². The second-order valence-electron chi connectivity index (χ2n) is 6.91. The van der Waals surface area contributed by atoms with Crippen LogP contribution in [0.1, 0.15) is 13.8 Å². The molecule has 0 radical (unpaired) electrons. The van der Waals surface area contributed by atoms with E-state index in [1.54, 1.807) is 18.7 Å². The molecule has 150 valence electrons. The minimum atomic E-state index is -4.76. The quantitative estimate of drug-likeness (QED) is 0.796. The van der Waals surface area contributed by atoms with Gasteiger partial charge in [-0.05, 0) is 38.1 Å². The second-order valence-corrected chi connectivity index (χ2v) is 6.91. The summed E-state index contributed by atoms with van der Waals surface area (Å²) >= 11 is 0. The number of benzene rings is 1. The molecule has 0 atom stereocenters. The predicted molar refractivity (Wildman–Crippen MR) is 93.0 cm³/mol. The normalized spacial score (nSPS) is 16.1. The van der Waals surface area contributed by atoms with Crippen molar-refractivity contribution in [1.82, 2.24) is 9.80 Å². The number of alkyl halides is 3. The number of rotatable bonds is 5. The first-order valence-corrected chi connectivity index (χ1v) is 8.40. The van der Waals surface area contributed by atoms with Gasteiger partial charge in [-0.2, -0.15) is 0 Å². The molecule has 7 nitrogen and oxygen atoms in total. The first-order valence-electron chi connectivity index (χ1n) is 8.40. The summed E-state index contributed by atoms with van der Waals surface area (Å²) in [6, 6.07) is 4.92. The van der Waals surface area contributed by atoms with Crippen LogP contribution in [0.25, 0.3) is 0 Å². The van der Waals surface area contributed by atoms with Gasteiger partial charge in [0, 0.05) is 31.9 Å². The summed E-state index contributed by atoms with van der Waals surface area (Å²) in [6.45, 7) is 5.46. The maximum atomic E-state index is 12.1. The van der Waals surface area contributed by atoms with Crippen molar-refractivity contribution in [3.05, 3.63) is 24.3 Å². The maximum absolute atomic E-state index is 12.1. The molecule has 1 aromatic rings. The van der Waals surface area contributed by atoms with Crippen LogP contribution in [-0.4, -0.2) is 66.2 Å². The predicted octanol–water partition coefficient (Wildman–Crippen LogP) is 1.41. The van der Waals surface area contributed by atoms with E-state index < -0.39 is 11.9 Å². The van der Waals surface area contributed by atoms with Crippen LogP contribution in [0.4, 0.5) is 18.9 Å². The van der Waals surface area contributed by atoms with Crippen LogP contribution < -0.4 is 15.8 Å². The third kappa shape index (κ3) is 6.72. The van der Waals surface area contributed by atoms with Gasteiger partial charge in [-0.1, -0.05) is 0 Å². The molecule has 0 spiro atoms. The van der Waals surface area contributed by atoms with Crippen molar-refractivity contribution in [2.75, 3.05) is 38.0 Å². The molecular formula is C17H23F3N4O3. The number of ether oxygens (including phenoxy) is 1. The van der Waals surface area contributed by atoms with Gasteiger partial charge in [-0.15, -0.1) is 13.2 Å². The summed E-state index contributed by atoms with van der Waals surface area (Å²) in [5, 5.41) is 2.62. The summed E-state index contributed by atoms with van der Waals surface area (Å²) < 4.78 is 40.2. The smallest absolute Gasteiger partial charge is 0.406 e. The molecule has 1 heterocycles. The topological polar surface area (TPSA) is 87.9 Å². The molecule has 0 unspecified atom stereocenters. The van der Waals surface area contributed by atoms with Crippen LogP contribution in [0.5, 0.6) is 5.75 Å². The van der Waals surface area contributed by atoms with Crippen molar-refractivity contribution in [2.24, 2.45) is 5.73 Å². The molecule has 1 aliphatic rings. The Balaban J connectivity index is 1.79. The van der Waals surface area contributed by atoms with E-state index in [2.05, 4.69) is 10.1 Å². The SMILES string of the molecule is CC(C)(N)C(=O)N1CCN(CC(=O)Nc2ccc(OC(F)(F)F)cc2)CC1. The molecule has 3 N–H and O–H groups in total. The Labute approximate surface area is 155 Å². The van der Waals surface area contributed by atoms with Gasteiger partial charge >= 0.3 is 6.36 Å². The highest BCUT2D eigenvalue weighted by molar-refractivity contribution is 5.92.